The summed E-state index contributed by atoms with van der Waals surface area (Å²) < 4.78 is 13.2. The normalized spacial score (nSPS) is 10.7. The van der Waals surface area contributed by atoms with Gasteiger partial charge in [-0.25, -0.2) is 4.98 Å². The van der Waals surface area contributed by atoms with Crippen molar-refractivity contribution in [1.82, 2.24) is 4.98 Å². The van der Waals surface area contributed by atoms with Crippen molar-refractivity contribution < 1.29 is 4.39 Å². The van der Waals surface area contributed by atoms with Gasteiger partial charge in [-0.1, -0.05) is 30.3 Å². The number of anilines is 1. The molecular formula is C15H17FN2. The first kappa shape index (κ1) is 12.6. The minimum atomic E-state index is -0.439. The quantitative estimate of drug-likeness (QED) is 0.763. The summed E-state index contributed by atoms with van der Waals surface area (Å²) in [6.07, 6.45) is 1.50. The Morgan fingerprint density at radius 2 is 1.89 bits per heavy atom. The van der Waals surface area contributed by atoms with E-state index in [0.717, 1.165) is 12.2 Å². The molecule has 2 nitrogen and oxygen atoms in total. The lowest BCUT2D eigenvalue weighted by molar-refractivity contribution is 0.580. The van der Waals surface area contributed by atoms with Gasteiger partial charge in [0.2, 0.25) is 5.95 Å². The Morgan fingerprint density at radius 3 is 2.50 bits per heavy atom. The molecule has 1 aromatic heterocycles. The highest BCUT2D eigenvalue weighted by molar-refractivity contribution is 5.46. The maximum absolute atomic E-state index is 13.2. The molecule has 0 unspecified atom stereocenters. The van der Waals surface area contributed by atoms with Crippen molar-refractivity contribution in [3.05, 3.63) is 60.2 Å². The maximum Gasteiger partial charge on any atom is 0.214 e. The Kier molecular flexibility index (Phi) is 3.92. The number of nitrogens with zero attached hydrogens (tertiary/aromatic N) is 2. The van der Waals surface area contributed by atoms with E-state index >= 15 is 0 Å². The van der Waals surface area contributed by atoms with Crippen LogP contribution in [0.4, 0.5) is 10.1 Å². The fourth-order valence-electron chi connectivity index (χ4n) is 1.92. The molecule has 2 rings (SSSR count). The number of pyridine rings is 1. The van der Waals surface area contributed by atoms with Gasteiger partial charge in [-0.15, -0.1) is 0 Å². The second kappa shape index (κ2) is 5.63. The van der Waals surface area contributed by atoms with E-state index in [9.17, 15) is 4.39 Å². The minimum absolute atomic E-state index is 0.298. The van der Waals surface area contributed by atoms with E-state index in [1.165, 1.54) is 17.8 Å². The molecule has 2 aromatic rings. The summed E-state index contributed by atoms with van der Waals surface area (Å²) >= 11 is 0. The van der Waals surface area contributed by atoms with Crippen LogP contribution in [0.1, 0.15) is 19.4 Å². The maximum atomic E-state index is 13.2. The van der Waals surface area contributed by atoms with Crippen molar-refractivity contribution in [1.29, 1.82) is 0 Å². The van der Waals surface area contributed by atoms with Crippen LogP contribution in [-0.4, -0.2) is 11.0 Å². The zero-order valence-electron chi connectivity index (χ0n) is 10.7. The summed E-state index contributed by atoms with van der Waals surface area (Å²) in [7, 11) is 0. The molecule has 1 heterocycles. The molecule has 0 radical (unpaired) electrons. The largest absolute Gasteiger partial charge is 0.365 e. The second-order valence-electron chi connectivity index (χ2n) is 4.54. The molecule has 3 heteroatoms. The zero-order valence-corrected chi connectivity index (χ0v) is 10.7. The zero-order chi connectivity index (χ0) is 13.0. The lowest BCUT2D eigenvalue weighted by atomic mass is 10.1. The van der Waals surface area contributed by atoms with E-state index < -0.39 is 5.95 Å². The van der Waals surface area contributed by atoms with Crippen LogP contribution >= 0.6 is 0 Å². The van der Waals surface area contributed by atoms with Crippen LogP contribution in [0, 0.1) is 5.95 Å². The Morgan fingerprint density at radius 1 is 1.17 bits per heavy atom. The predicted molar refractivity (Wildman–Crippen MR) is 72.0 cm³/mol. The number of benzene rings is 1. The van der Waals surface area contributed by atoms with Gasteiger partial charge in [0, 0.05) is 30.5 Å². The van der Waals surface area contributed by atoms with Gasteiger partial charge in [0.15, 0.2) is 0 Å². The van der Waals surface area contributed by atoms with Gasteiger partial charge in [0.25, 0.3) is 0 Å². The molecule has 0 aliphatic heterocycles. The van der Waals surface area contributed by atoms with Crippen molar-refractivity contribution >= 4 is 5.69 Å². The minimum Gasteiger partial charge on any atom is -0.365 e. The summed E-state index contributed by atoms with van der Waals surface area (Å²) in [5.41, 5.74) is 2.07. The van der Waals surface area contributed by atoms with E-state index in [1.807, 2.05) is 24.3 Å². The molecule has 0 fully saturated rings. The first-order valence-electron chi connectivity index (χ1n) is 6.09. The highest BCUT2D eigenvalue weighted by Gasteiger charge is 2.11. The van der Waals surface area contributed by atoms with Crippen LogP contribution in [0.3, 0.4) is 0 Å². The van der Waals surface area contributed by atoms with E-state index in [0.29, 0.717) is 6.04 Å². The molecule has 0 atom stereocenters. The van der Waals surface area contributed by atoms with Crippen LogP contribution in [0.15, 0.2) is 48.7 Å². The fourth-order valence-corrected chi connectivity index (χ4v) is 1.92. The van der Waals surface area contributed by atoms with Crippen LogP contribution in [-0.2, 0) is 6.54 Å². The van der Waals surface area contributed by atoms with Crippen LogP contribution in [0.25, 0.3) is 0 Å². The Hall–Kier alpha value is -1.90. The third-order valence-corrected chi connectivity index (χ3v) is 2.86. The Labute approximate surface area is 107 Å². The molecule has 0 aliphatic carbocycles. The molecule has 94 valence electrons. The van der Waals surface area contributed by atoms with Crippen molar-refractivity contribution in [3.63, 3.8) is 0 Å². The first-order valence-corrected chi connectivity index (χ1v) is 6.09. The number of hydrogen-bond acceptors (Lipinski definition) is 2. The van der Waals surface area contributed by atoms with Crippen molar-refractivity contribution in [2.24, 2.45) is 0 Å². The summed E-state index contributed by atoms with van der Waals surface area (Å²) in [5.74, 6) is -0.439. The number of rotatable bonds is 4. The molecule has 1 aromatic carbocycles. The van der Waals surface area contributed by atoms with E-state index in [2.05, 4.69) is 35.9 Å². The van der Waals surface area contributed by atoms with Crippen LogP contribution in [0.5, 0.6) is 0 Å². The second-order valence-corrected chi connectivity index (χ2v) is 4.54. The van der Waals surface area contributed by atoms with Gasteiger partial charge in [0.05, 0.1) is 0 Å². The van der Waals surface area contributed by atoms with Crippen molar-refractivity contribution in [2.75, 3.05) is 4.90 Å². The lowest BCUT2D eigenvalue weighted by Gasteiger charge is -2.29. The molecule has 0 N–H and O–H groups in total. The van der Waals surface area contributed by atoms with Gasteiger partial charge >= 0.3 is 0 Å². The molecule has 0 saturated carbocycles. The summed E-state index contributed by atoms with van der Waals surface area (Å²) in [6, 6.07) is 13.8. The Bertz CT molecular complexity index is 497. The average Bonchev–Trinajstić information content (AvgIpc) is 2.37. The molecule has 0 saturated heterocycles. The summed E-state index contributed by atoms with van der Waals surface area (Å²) in [5, 5.41) is 0. The van der Waals surface area contributed by atoms with Gasteiger partial charge in [-0.05, 0) is 25.5 Å². The predicted octanol–water partition coefficient (Wildman–Crippen LogP) is 3.64. The Balaban J connectivity index is 2.24. The molecule has 0 bridgehead atoms. The number of hydrogen-bond donors (Lipinski definition) is 0. The number of halogens is 1. The van der Waals surface area contributed by atoms with Crippen molar-refractivity contribution in [3.8, 4) is 0 Å². The van der Waals surface area contributed by atoms with Crippen LogP contribution in [0.2, 0.25) is 0 Å². The standard InChI is InChI=1S/C15H17FN2/c1-12(2)18(11-13-6-4-3-5-7-13)14-8-9-17-15(16)10-14/h3-10,12H,11H2,1-2H3. The van der Waals surface area contributed by atoms with E-state index in [4.69, 9.17) is 0 Å². The van der Waals surface area contributed by atoms with Gasteiger partial charge < -0.3 is 4.90 Å². The third kappa shape index (κ3) is 3.06. The first-order chi connectivity index (χ1) is 8.66. The smallest absolute Gasteiger partial charge is 0.214 e. The van der Waals surface area contributed by atoms with Gasteiger partial charge in [-0.2, -0.15) is 4.39 Å². The van der Waals surface area contributed by atoms with Gasteiger partial charge in [0.1, 0.15) is 0 Å². The monoisotopic (exact) mass is 244 g/mol. The number of aromatic nitrogens is 1. The topological polar surface area (TPSA) is 16.1 Å². The van der Waals surface area contributed by atoms with E-state index in [-0.39, 0.29) is 0 Å². The average molecular weight is 244 g/mol. The summed E-state index contributed by atoms with van der Waals surface area (Å²) in [4.78, 5) is 5.75. The fraction of sp³-hybridized carbons (Fsp3) is 0.267. The highest BCUT2D eigenvalue weighted by atomic mass is 19.1. The molecule has 0 aliphatic rings. The third-order valence-electron chi connectivity index (χ3n) is 2.86. The molecule has 0 spiro atoms. The molecular weight excluding hydrogens is 227 g/mol. The highest BCUT2D eigenvalue weighted by Crippen LogP contribution is 2.19. The van der Waals surface area contributed by atoms with Gasteiger partial charge in [-0.3, -0.25) is 0 Å². The molecule has 18 heavy (non-hydrogen) atoms. The summed E-state index contributed by atoms with van der Waals surface area (Å²) in [6.45, 7) is 4.96. The van der Waals surface area contributed by atoms with Crippen molar-refractivity contribution in [2.45, 2.75) is 26.4 Å². The lowest BCUT2D eigenvalue weighted by Crippen LogP contribution is -2.30. The molecule has 0 amide bonds. The van der Waals surface area contributed by atoms with Crippen LogP contribution < -0.4 is 4.90 Å². The SMILES string of the molecule is CC(C)N(Cc1ccccc1)c1ccnc(F)c1. The van der Waals surface area contributed by atoms with E-state index in [1.54, 1.807) is 0 Å².